The number of nitrogens with one attached hydrogen (secondary N) is 2. The Hall–Kier alpha value is -2.04. The lowest BCUT2D eigenvalue weighted by Gasteiger charge is -2.35. The van der Waals surface area contributed by atoms with Gasteiger partial charge in [-0.15, -0.1) is 0 Å². The maximum atomic E-state index is 12.6. The Kier molecular flexibility index (Phi) is 6.68. The number of carbonyl (C=O) groups is 2. The van der Waals surface area contributed by atoms with Crippen LogP contribution in [-0.4, -0.2) is 36.5 Å². The monoisotopic (exact) mass is 359 g/mol. The van der Waals surface area contributed by atoms with Crippen molar-refractivity contribution in [1.82, 2.24) is 10.6 Å². The first-order valence-corrected chi connectivity index (χ1v) is 9.61. The van der Waals surface area contributed by atoms with Gasteiger partial charge in [0.1, 0.15) is 0 Å². The molecule has 0 aliphatic carbocycles. The highest BCUT2D eigenvalue weighted by Gasteiger charge is 2.25. The number of amides is 2. The third-order valence-electron chi connectivity index (χ3n) is 4.43. The van der Waals surface area contributed by atoms with Gasteiger partial charge in [0.15, 0.2) is 0 Å². The molecule has 0 aromatic heterocycles. The molecule has 2 N–H and O–H groups in total. The molecule has 2 amide bonds. The molecule has 1 heterocycles. The molecule has 1 saturated heterocycles. The van der Waals surface area contributed by atoms with Crippen molar-refractivity contribution in [3.8, 4) is 0 Å². The molecule has 0 bridgehead atoms. The van der Waals surface area contributed by atoms with Gasteiger partial charge in [-0.05, 0) is 51.7 Å². The van der Waals surface area contributed by atoms with Crippen LogP contribution in [0.3, 0.4) is 0 Å². The highest BCUT2D eigenvalue weighted by atomic mass is 16.2. The third kappa shape index (κ3) is 6.04. The van der Waals surface area contributed by atoms with Gasteiger partial charge in [-0.1, -0.05) is 26.0 Å². The van der Waals surface area contributed by atoms with E-state index >= 15 is 0 Å². The van der Waals surface area contributed by atoms with Crippen molar-refractivity contribution in [2.24, 2.45) is 5.92 Å². The van der Waals surface area contributed by atoms with Crippen LogP contribution < -0.4 is 15.5 Å². The Bertz CT molecular complexity index is 626. The van der Waals surface area contributed by atoms with Crippen LogP contribution in [0.5, 0.6) is 0 Å². The van der Waals surface area contributed by atoms with Gasteiger partial charge >= 0.3 is 0 Å². The van der Waals surface area contributed by atoms with E-state index in [2.05, 4.69) is 29.4 Å². The first-order chi connectivity index (χ1) is 12.2. The number of carbonyl (C=O) groups excluding carboxylic acids is 2. The smallest absolute Gasteiger partial charge is 0.253 e. The predicted molar refractivity (Wildman–Crippen MR) is 106 cm³/mol. The Morgan fingerprint density at radius 2 is 1.77 bits per heavy atom. The number of rotatable bonds is 5. The Morgan fingerprint density at radius 1 is 1.15 bits per heavy atom. The van der Waals surface area contributed by atoms with E-state index < -0.39 is 0 Å². The van der Waals surface area contributed by atoms with E-state index in [4.69, 9.17) is 0 Å². The average Bonchev–Trinajstić information content (AvgIpc) is 2.53. The summed E-state index contributed by atoms with van der Waals surface area (Å²) in [6, 6.07) is 8.00. The van der Waals surface area contributed by atoms with Crippen molar-refractivity contribution in [3.05, 3.63) is 29.8 Å². The molecule has 2 rings (SSSR count). The van der Waals surface area contributed by atoms with Crippen LogP contribution in [0.1, 0.15) is 64.2 Å². The normalized spacial score (nSPS) is 15.8. The molecule has 0 spiro atoms. The lowest BCUT2D eigenvalue weighted by Crippen LogP contribution is -2.46. The van der Waals surface area contributed by atoms with E-state index in [0.717, 1.165) is 31.6 Å². The fraction of sp³-hybridized carbons (Fsp3) is 0.619. The second-order valence-corrected chi connectivity index (χ2v) is 8.65. The van der Waals surface area contributed by atoms with E-state index in [1.807, 2.05) is 45.0 Å². The summed E-state index contributed by atoms with van der Waals surface area (Å²) in [4.78, 5) is 26.9. The highest BCUT2D eigenvalue weighted by Crippen LogP contribution is 2.25. The molecule has 5 nitrogen and oxygen atoms in total. The zero-order valence-corrected chi connectivity index (χ0v) is 16.8. The molecule has 5 heteroatoms. The third-order valence-corrected chi connectivity index (χ3v) is 4.43. The minimum Gasteiger partial charge on any atom is -0.371 e. The van der Waals surface area contributed by atoms with Crippen LogP contribution in [0.15, 0.2) is 24.3 Å². The van der Waals surface area contributed by atoms with Crippen molar-refractivity contribution >= 4 is 17.5 Å². The number of piperidine rings is 1. The number of para-hydroxylation sites is 1. The summed E-state index contributed by atoms with van der Waals surface area (Å²) in [6.07, 6.45) is 2.38. The van der Waals surface area contributed by atoms with Gasteiger partial charge in [-0.3, -0.25) is 9.59 Å². The maximum absolute atomic E-state index is 12.6. The summed E-state index contributed by atoms with van der Waals surface area (Å²) >= 11 is 0. The molecule has 1 aromatic carbocycles. The first-order valence-electron chi connectivity index (χ1n) is 9.61. The van der Waals surface area contributed by atoms with Crippen LogP contribution in [0.4, 0.5) is 5.69 Å². The molecule has 1 fully saturated rings. The SMILES string of the molecule is CC(C)CC(=O)NC1CCN(c2ccccc2C(=O)NC(C)(C)C)CC1. The van der Waals surface area contributed by atoms with Gasteiger partial charge in [0.2, 0.25) is 5.91 Å². The molecule has 0 atom stereocenters. The van der Waals surface area contributed by atoms with Crippen molar-refractivity contribution in [1.29, 1.82) is 0 Å². The molecule has 1 aliphatic heterocycles. The van der Waals surface area contributed by atoms with Crippen LogP contribution in [0.2, 0.25) is 0 Å². The molecule has 26 heavy (non-hydrogen) atoms. The minimum atomic E-state index is -0.266. The molecule has 1 aliphatic rings. The topological polar surface area (TPSA) is 61.4 Å². The van der Waals surface area contributed by atoms with Gasteiger partial charge in [0, 0.05) is 36.8 Å². The van der Waals surface area contributed by atoms with Gasteiger partial charge in [0.05, 0.1) is 5.56 Å². The minimum absolute atomic E-state index is 0.0412. The Morgan fingerprint density at radius 3 is 2.35 bits per heavy atom. The average molecular weight is 360 g/mol. The van der Waals surface area contributed by atoms with Crippen LogP contribution in [-0.2, 0) is 4.79 Å². The second kappa shape index (κ2) is 8.56. The molecular formula is C21H33N3O2. The maximum Gasteiger partial charge on any atom is 0.253 e. The van der Waals surface area contributed by atoms with E-state index in [1.54, 1.807) is 0 Å². The number of hydrogen-bond acceptors (Lipinski definition) is 3. The van der Waals surface area contributed by atoms with Crippen molar-refractivity contribution in [3.63, 3.8) is 0 Å². The molecule has 0 saturated carbocycles. The van der Waals surface area contributed by atoms with Crippen LogP contribution in [0, 0.1) is 5.92 Å². The molecule has 1 aromatic rings. The van der Waals surface area contributed by atoms with E-state index in [-0.39, 0.29) is 23.4 Å². The first kappa shape index (κ1) is 20.3. The van der Waals surface area contributed by atoms with Gasteiger partial charge in [0.25, 0.3) is 5.91 Å². The van der Waals surface area contributed by atoms with Crippen molar-refractivity contribution < 1.29 is 9.59 Å². The lowest BCUT2D eigenvalue weighted by atomic mass is 10.0. The molecule has 144 valence electrons. The zero-order chi connectivity index (χ0) is 19.3. The summed E-state index contributed by atoms with van der Waals surface area (Å²) in [5.41, 5.74) is 1.42. The largest absolute Gasteiger partial charge is 0.371 e. The Balaban J connectivity index is 1.99. The summed E-state index contributed by atoms with van der Waals surface area (Å²) in [7, 11) is 0. The van der Waals surface area contributed by atoms with Gasteiger partial charge in [-0.2, -0.15) is 0 Å². The standard InChI is InChI=1S/C21H33N3O2/c1-15(2)14-19(25)22-16-10-12-24(13-11-16)18-9-7-6-8-17(18)20(26)23-21(3,4)5/h6-9,15-16H,10-14H2,1-5H3,(H,22,25)(H,23,26). The van der Waals surface area contributed by atoms with E-state index in [9.17, 15) is 9.59 Å². The summed E-state index contributed by atoms with van der Waals surface area (Å²) < 4.78 is 0. The fourth-order valence-electron chi connectivity index (χ4n) is 3.27. The predicted octanol–water partition coefficient (Wildman–Crippen LogP) is 3.35. The molecule has 0 radical (unpaired) electrons. The summed E-state index contributed by atoms with van der Waals surface area (Å²) in [6.45, 7) is 11.7. The van der Waals surface area contributed by atoms with Gasteiger partial charge < -0.3 is 15.5 Å². The van der Waals surface area contributed by atoms with Crippen LogP contribution >= 0.6 is 0 Å². The molecule has 0 unspecified atom stereocenters. The van der Waals surface area contributed by atoms with Crippen molar-refractivity contribution in [2.75, 3.05) is 18.0 Å². The Labute approximate surface area is 157 Å². The number of nitrogens with zero attached hydrogens (tertiary/aromatic N) is 1. The highest BCUT2D eigenvalue weighted by molar-refractivity contribution is 6.00. The van der Waals surface area contributed by atoms with E-state index in [0.29, 0.717) is 17.9 Å². The van der Waals surface area contributed by atoms with Gasteiger partial charge in [-0.25, -0.2) is 0 Å². The number of benzene rings is 1. The lowest BCUT2D eigenvalue weighted by molar-refractivity contribution is -0.122. The van der Waals surface area contributed by atoms with Crippen LogP contribution in [0.25, 0.3) is 0 Å². The molecular weight excluding hydrogens is 326 g/mol. The van der Waals surface area contributed by atoms with E-state index in [1.165, 1.54) is 0 Å². The zero-order valence-electron chi connectivity index (χ0n) is 16.8. The second-order valence-electron chi connectivity index (χ2n) is 8.65. The quantitative estimate of drug-likeness (QED) is 0.847. The summed E-state index contributed by atoms with van der Waals surface area (Å²) in [5, 5.41) is 6.19. The van der Waals surface area contributed by atoms with Crippen molar-refractivity contribution in [2.45, 2.75) is 65.5 Å². The summed E-state index contributed by atoms with van der Waals surface area (Å²) in [5.74, 6) is 0.479. The number of anilines is 1. The fourth-order valence-corrected chi connectivity index (χ4v) is 3.27. The number of hydrogen-bond donors (Lipinski definition) is 2.